The Balaban J connectivity index is 1.64. The van der Waals surface area contributed by atoms with Gasteiger partial charge in [-0.15, -0.1) is 0 Å². The molecule has 6 heteroatoms. The first-order valence-electron chi connectivity index (χ1n) is 10.4. The molecule has 0 aliphatic carbocycles. The number of hydrogen-bond acceptors (Lipinski definition) is 6. The van der Waals surface area contributed by atoms with E-state index in [9.17, 15) is 0 Å². The van der Waals surface area contributed by atoms with Crippen molar-refractivity contribution in [3.63, 3.8) is 0 Å². The van der Waals surface area contributed by atoms with Crippen molar-refractivity contribution in [1.29, 1.82) is 0 Å². The van der Waals surface area contributed by atoms with E-state index in [0.717, 1.165) is 69.6 Å². The average molecular weight is 400 g/mol. The van der Waals surface area contributed by atoms with Crippen LogP contribution in [-0.2, 0) is 19.5 Å². The minimum atomic E-state index is 0.820. The van der Waals surface area contributed by atoms with Crippen LogP contribution in [0, 0.1) is 0 Å². The summed E-state index contributed by atoms with van der Waals surface area (Å²) < 4.78 is 0. The first kappa shape index (κ1) is 21.1. The van der Waals surface area contributed by atoms with Crippen LogP contribution in [0.15, 0.2) is 35.6 Å². The molecule has 0 fully saturated rings. The molecular weight excluding hydrogens is 366 g/mol. The molecule has 0 radical (unpaired) electrons. The Morgan fingerprint density at radius 2 is 1.96 bits per heavy atom. The number of thioether (sulfide) groups is 1. The van der Waals surface area contributed by atoms with E-state index in [0.29, 0.717) is 0 Å². The second kappa shape index (κ2) is 10.8. The summed E-state index contributed by atoms with van der Waals surface area (Å²) >= 11 is 1.61. The zero-order valence-electron chi connectivity index (χ0n) is 17.4. The molecule has 1 aromatic heterocycles. The monoisotopic (exact) mass is 399 g/mol. The predicted octanol–water partition coefficient (Wildman–Crippen LogP) is 3.58. The Morgan fingerprint density at radius 3 is 2.71 bits per heavy atom. The highest BCUT2D eigenvalue weighted by Gasteiger charge is 2.20. The molecule has 3 rings (SSSR count). The maximum atomic E-state index is 4.87. The Hall–Kier alpha value is -1.63. The molecule has 1 aliphatic rings. The summed E-state index contributed by atoms with van der Waals surface area (Å²) in [6, 6.07) is 8.76. The van der Waals surface area contributed by atoms with E-state index in [-0.39, 0.29) is 0 Å². The van der Waals surface area contributed by atoms with E-state index in [1.54, 1.807) is 11.8 Å². The van der Waals surface area contributed by atoms with Crippen LogP contribution in [0.4, 0.5) is 5.82 Å². The zero-order chi connectivity index (χ0) is 19.8. The molecule has 0 saturated heterocycles. The number of nitrogens with zero attached hydrogens (tertiary/aromatic N) is 4. The van der Waals surface area contributed by atoms with Crippen LogP contribution < -0.4 is 10.2 Å². The predicted molar refractivity (Wildman–Crippen MR) is 119 cm³/mol. The topological polar surface area (TPSA) is 44.3 Å². The Bertz CT molecular complexity index is 747. The van der Waals surface area contributed by atoms with Gasteiger partial charge in [0, 0.05) is 31.4 Å². The third-order valence-electron chi connectivity index (χ3n) is 5.47. The normalized spacial score (nSPS) is 13.8. The van der Waals surface area contributed by atoms with E-state index in [1.807, 2.05) is 12.5 Å². The van der Waals surface area contributed by atoms with Gasteiger partial charge in [0.15, 0.2) is 5.16 Å². The Morgan fingerprint density at radius 1 is 1.18 bits per heavy atom. The summed E-state index contributed by atoms with van der Waals surface area (Å²) in [6.07, 6.45) is 6.28. The molecule has 0 unspecified atom stereocenters. The minimum absolute atomic E-state index is 0.820. The van der Waals surface area contributed by atoms with Crippen molar-refractivity contribution < 1.29 is 0 Å². The first-order chi connectivity index (χ1) is 13.7. The maximum Gasteiger partial charge on any atom is 0.189 e. The quantitative estimate of drug-likeness (QED) is 0.374. The molecule has 152 valence electrons. The second-order valence-corrected chi connectivity index (χ2v) is 7.98. The number of aromatic nitrogens is 2. The van der Waals surface area contributed by atoms with Crippen molar-refractivity contribution in [1.82, 2.24) is 20.2 Å². The standard InChI is InChI=1S/C22H33N5S/c1-4-26(5-2)13-8-12-23-15-20-16-24-22(28-3)25-21(20)27-14-11-18-9-6-7-10-19(18)17-27/h6-7,9-10,16,23H,4-5,8,11-15,17H2,1-3H3. The van der Waals surface area contributed by atoms with Gasteiger partial charge in [-0.2, -0.15) is 0 Å². The number of fused-ring (bicyclic) bond motifs is 1. The number of rotatable bonds is 10. The van der Waals surface area contributed by atoms with E-state index in [2.05, 4.69) is 58.2 Å². The SMILES string of the molecule is CCN(CC)CCCNCc1cnc(SC)nc1N1CCc2ccccc2C1. The van der Waals surface area contributed by atoms with Crippen LogP contribution >= 0.6 is 11.8 Å². The van der Waals surface area contributed by atoms with Gasteiger partial charge in [0.2, 0.25) is 0 Å². The van der Waals surface area contributed by atoms with Crippen LogP contribution in [0.5, 0.6) is 0 Å². The third kappa shape index (κ3) is 5.46. The fourth-order valence-corrected chi connectivity index (χ4v) is 4.08. The van der Waals surface area contributed by atoms with Gasteiger partial charge >= 0.3 is 0 Å². The first-order valence-corrected chi connectivity index (χ1v) is 11.6. The lowest BCUT2D eigenvalue weighted by Crippen LogP contribution is -2.33. The largest absolute Gasteiger partial charge is 0.352 e. The highest BCUT2D eigenvalue weighted by Crippen LogP contribution is 2.27. The van der Waals surface area contributed by atoms with E-state index < -0.39 is 0 Å². The van der Waals surface area contributed by atoms with Gasteiger partial charge in [-0.3, -0.25) is 0 Å². The summed E-state index contributed by atoms with van der Waals surface area (Å²) in [6.45, 7) is 11.6. The molecule has 5 nitrogen and oxygen atoms in total. The summed E-state index contributed by atoms with van der Waals surface area (Å²) in [5, 5.41) is 4.45. The lowest BCUT2D eigenvalue weighted by Gasteiger charge is -2.31. The maximum absolute atomic E-state index is 4.87. The van der Waals surface area contributed by atoms with Gasteiger partial charge in [-0.1, -0.05) is 49.9 Å². The lowest BCUT2D eigenvalue weighted by molar-refractivity contribution is 0.298. The fraction of sp³-hybridized carbons (Fsp3) is 0.545. The van der Waals surface area contributed by atoms with Crippen LogP contribution in [0.2, 0.25) is 0 Å². The molecule has 0 saturated carbocycles. The minimum Gasteiger partial charge on any atom is -0.352 e. The van der Waals surface area contributed by atoms with E-state index in [1.165, 1.54) is 16.7 Å². The molecule has 1 aromatic carbocycles. The molecule has 0 atom stereocenters. The average Bonchev–Trinajstić information content (AvgIpc) is 2.76. The Labute approximate surface area is 173 Å². The van der Waals surface area contributed by atoms with Crippen LogP contribution in [0.25, 0.3) is 0 Å². The molecule has 1 N–H and O–H groups in total. The fourth-order valence-electron chi connectivity index (χ4n) is 3.75. The molecule has 2 heterocycles. The molecule has 1 aliphatic heterocycles. The van der Waals surface area contributed by atoms with E-state index in [4.69, 9.17) is 4.98 Å². The third-order valence-corrected chi connectivity index (χ3v) is 6.03. The van der Waals surface area contributed by atoms with Gasteiger partial charge in [0.1, 0.15) is 5.82 Å². The van der Waals surface area contributed by atoms with Gasteiger partial charge in [-0.05, 0) is 56.4 Å². The number of hydrogen-bond donors (Lipinski definition) is 1. The zero-order valence-corrected chi connectivity index (χ0v) is 18.3. The molecule has 2 aromatic rings. The second-order valence-electron chi connectivity index (χ2n) is 7.20. The van der Waals surface area contributed by atoms with Crippen LogP contribution in [0.1, 0.15) is 37.0 Å². The summed E-state index contributed by atoms with van der Waals surface area (Å²) in [7, 11) is 0. The number of nitrogens with one attached hydrogen (secondary N) is 1. The van der Waals surface area contributed by atoms with Crippen LogP contribution in [-0.4, -0.2) is 53.8 Å². The van der Waals surface area contributed by atoms with Crippen molar-refractivity contribution in [2.45, 2.75) is 44.9 Å². The van der Waals surface area contributed by atoms with Crippen molar-refractivity contribution in [2.24, 2.45) is 0 Å². The summed E-state index contributed by atoms with van der Waals surface area (Å²) in [5.41, 5.74) is 4.07. The van der Waals surface area contributed by atoms with Gasteiger partial charge < -0.3 is 15.1 Å². The smallest absolute Gasteiger partial charge is 0.189 e. The van der Waals surface area contributed by atoms with E-state index >= 15 is 0 Å². The molecule has 0 spiro atoms. The lowest BCUT2D eigenvalue weighted by atomic mass is 10.00. The molecule has 28 heavy (non-hydrogen) atoms. The molecular formula is C22H33N5S. The highest BCUT2D eigenvalue weighted by atomic mass is 32.2. The Kier molecular flexibility index (Phi) is 8.13. The number of anilines is 1. The van der Waals surface area contributed by atoms with Crippen LogP contribution in [0.3, 0.4) is 0 Å². The summed E-state index contributed by atoms with van der Waals surface area (Å²) in [5.74, 6) is 1.09. The number of benzene rings is 1. The van der Waals surface area contributed by atoms with Gasteiger partial charge in [0.25, 0.3) is 0 Å². The van der Waals surface area contributed by atoms with Crippen molar-refractivity contribution >= 4 is 17.6 Å². The van der Waals surface area contributed by atoms with Crippen molar-refractivity contribution in [3.05, 3.63) is 47.2 Å². The van der Waals surface area contributed by atoms with Gasteiger partial charge in [-0.25, -0.2) is 9.97 Å². The summed E-state index contributed by atoms with van der Waals surface area (Å²) in [4.78, 5) is 14.3. The van der Waals surface area contributed by atoms with Gasteiger partial charge in [0.05, 0.1) is 0 Å². The molecule has 0 amide bonds. The molecule has 0 bridgehead atoms. The highest BCUT2D eigenvalue weighted by molar-refractivity contribution is 7.98. The van der Waals surface area contributed by atoms with Crippen molar-refractivity contribution in [3.8, 4) is 0 Å². The van der Waals surface area contributed by atoms with Crippen molar-refractivity contribution in [2.75, 3.05) is 43.9 Å².